The van der Waals surface area contributed by atoms with Crippen LogP contribution in [0.5, 0.6) is 17.2 Å². The number of benzene rings is 3. The summed E-state index contributed by atoms with van der Waals surface area (Å²) >= 11 is 0. The standard InChI is InChI=1S/C21H21O4P.Ca.2H/c1-16-10-4-7-13-19(16)23-26(22,24-20-14-8-5-11-17(20)2)25-21-15-9-6-12-18(21)3;;;/h4-15H,1-3H3;;;/p+1. The molecule has 138 valence electrons. The molecule has 3 aromatic carbocycles. The van der Waals surface area contributed by atoms with Gasteiger partial charge in [-0.1, -0.05) is 54.6 Å². The molecule has 0 amide bonds. The molecule has 0 atom stereocenters. The molecule has 27 heavy (non-hydrogen) atoms. The molecule has 0 saturated heterocycles. The van der Waals surface area contributed by atoms with Gasteiger partial charge in [-0.05, 0) is 55.7 Å². The Morgan fingerprint density at radius 1 is 0.593 bits per heavy atom. The van der Waals surface area contributed by atoms with Gasteiger partial charge in [-0.15, -0.1) is 0 Å². The van der Waals surface area contributed by atoms with E-state index in [1.165, 1.54) is 0 Å². The van der Waals surface area contributed by atoms with Crippen molar-refractivity contribution in [2.75, 3.05) is 0 Å². The normalized spacial score (nSPS) is 10.6. The fourth-order valence-corrected chi connectivity index (χ4v) is 3.84. The van der Waals surface area contributed by atoms with Crippen molar-refractivity contribution in [1.29, 1.82) is 0 Å². The molecule has 0 saturated carbocycles. The molecule has 0 bridgehead atoms. The number of phosphoric acid groups is 1. The first kappa shape index (κ1) is 21.8. The summed E-state index contributed by atoms with van der Waals surface area (Å²) in [5.41, 5.74) is 2.53. The summed E-state index contributed by atoms with van der Waals surface area (Å²) in [6.45, 7) is 5.63. The van der Waals surface area contributed by atoms with E-state index in [1.54, 1.807) is 18.2 Å². The first-order valence-electron chi connectivity index (χ1n) is 8.32. The van der Waals surface area contributed by atoms with E-state index in [0.29, 0.717) is 17.2 Å². The largest absolute Gasteiger partial charge is 1.00 e. The van der Waals surface area contributed by atoms with Gasteiger partial charge in [0, 0.05) is 0 Å². The second kappa shape index (κ2) is 9.66. The summed E-state index contributed by atoms with van der Waals surface area (Å²) in [6.07, 6.45) is 0. The summed E-state index contributed by atoms with van der Waals surface area (Å²) in [5.74, 6) is 1.37. The van der Waals surface area contributed by atoms with Crippen LogP contribution in [0, 0.1) is 20.8 Å². The number of aryl methyl sites for hydroxylation is 3. The molecule has 0 heterocycles. The van der Waals surface area contributed by atoms with E-state index in [1.807, 2.05) is 75.4 Å². The van der Waals surface area contributed by atoms with Crippen LogP contribution in [0.4, 0.5) is 0 Å². The number of phosphoric ester groups is 1. The van der Waals surface area contributed by atoms with Crippen molar-refractivity contribution in [2.24, 2.45) is 0 Å². The van der Waals surface area contributed by atoms with Gasteiger partial charge in [-0.25, -0.2) is 0 Å². The molecule has 0 unspecified atom stereocenters. The van der Waals surface area contributed by atoms with Crippen molar-refractivity contribution < 1.29 is 19.6 Å². The van der Waals surface area contributed by atoms with Crippen molar-refractivity contribution >= 4 is 45.6 Å². The summed E-state index contributed by atoms with van der Waals surface area (Å²) < 4.78 is 30.8. The van der Waals surface area contributed by atoms with Gasteiger partial charge < -0.3 is 13.6 Å². The average Bonchev–Trinajstić information content (AvgIpc) is 2.61. The quantitative estimate of drug-likeness (QED) is 0.399. The first-order valence-corrected chi connectivity index (χ1v) is 9.79. The number of hydrogen-bond acceptors (Lipinski definition) is 4. The van der Waals surface area contributed by atoms with Gasteiger partial charge in [0.2, 0.25) is 0 Å². The Morgan fingerprint density at radius 2 is 0.852 bits per heavy atom. The van der Waals surface area contributed by atoms with Crippen molar-refractivity contribution in [3.8, 4) is 17.2 Å². The van der Waals surface area contributed by atoms with Gasteiger partial charge in [0.1, 0.15) is 17.2 Å². The second-order valence-electron chi connectivity index (χ2n) is 6.02. The minimum Gasteiger partial charge on any atom is 1.00 e. The Morgan fingerprint density at radius 3 is 1.11 bits per heavy atom. The minimum atomic E-state index is -3.97. The zero-order valence-corrected chi connectivity index (χ0v) is 15.9. The van der Waals surface area contributed by atoms with E-state index < -0.39 is 7.82 Å². The predicted molar refractivity (Wildman–Crippen MR) is 113 cm³/mol. The Labute approximate surface area is 191 Å². The maximum Gasteiger partial charge on any atom is 1.00 e. The Balaban J connectivity index is 0.00000196. The van der Waals surface area contributed by atoms with E-state index in [9.17, 15) is 4.57 Å². The SMILES string of the molecule is Cc1ccccc1OP(=O)(Oc1ccccc1C)Oc1ccccc1C.[CaH2].[H+]. The molecule has 0 aliphatic carbocycles. The van der Waals surface area contributed by atoms with Crippen LogP contribution in [-0.2, 0) is 4.57 Å². The van der Waals surface area contributed by atoms with Crippen LogP contribution in [0.3, 0.4) is 0 Å². The Hall–Kier alpha value is -1.45. The predicted octanol–water partition coefficient (Wildman–Crippen LogP) is 5.45. The third kappa shape index (κ3) is 5.76. The van der Waals surface area contributed by atoms with Crippen LogP contribution < -0.4 is 13.6 Å². The minimum absolute atomic E-state index is 0. The first-order chi connectivity index (χ1) is 12.5. The summed E-state index contributed by atoms with van der Waals surface area (Å²) in [5, 5.41) is 0. The van der Waals surface area contributed by atoms with E-state index in [-0.39, 0.29) is 39.2 Å². The molecule has 0 aliphatic rings. The van der Waals surface area contributed by atoms with Crippen molar-refractivity contribution in [2.45, 2.75) is 20.8 Å². The molecule has 0 N–H and O–H groups in total. The zero-order chi connectivity index (χ0) is 18.6. The van der Waals surface area contributed by atoms with Gasteiger partial charge in [-0.2, -0.15) is 4.57 Å². The van der Waals surface area contributed by atoms with Gasteiger partial charge in [-0.3, -0.25) is 0 Å². The number of para-hydroxylation sites is 3. The fourth-order valence-electron chi connectivity index (χ4n) is 2.39. The van der Waals surface area contributed by atoms with Crippen LogP contribution in [0.2, 0.25) is 0 Å². The van der Waals surface area contributed by atoms with Crippen molar-refractivity contribution in [1.82, 2.24) is 0 Å². The molecule has 3 rings (SSSR count). The van der Waals surface area contributed by atoms with Crippen LogP contribution in [0.1, 0.15) is 18.1 Å². The summed E-state index contributed by atoms with van der Waals surface area (Å²) in [7, 11) is -3.97. The van der Waals surface area contributed by atoms with Crippen LogP contribution in [0.25, 0.3) is 0 Å². The van der Waals surface area contributed by atoms with Gasteiger partial charge >= 0.3 is 47.0 Å². The zero-order valence-electron chi connectivity index (χ0n) is 16.0. The summed E-state index contributed by atoms with van der Waals surface area (Å²) in [4.78, 5) is 0. The van der Waals surface area contributed by atoms with Crippen molar-refractivity contribution in [3.63, 3.8) is 0 Å². The molecule has 0 aromatic heterocycles. The Bertz CT molecular complexity index is 842. The smallest absolute Gasteiger partial charge is 1.00 e. The molecule has 4 nitrogen and oxygen atoms in total. The maximum absolute atomic E-state index is 13.5. The van der Waals surface area contributed by atoms with E-state index in [4.69, 9.17) is 13.6 Å². The molecule has 3 aromatic rings. The molecule has 0 fully saturated rings. The van der Waals surface area contributed by atoms with Crippen LogP contribution in [0.15, 0.2) is 72.8 Å². The van der Waals surface area contributed by atoms with E-state index >= 15 is 0 Å². The van der Waals surface area contributed by atoms with Crippen LogP contribution in [-0.4, -0.2) is 37.7 Å². The van der Waals surface area contributed by atoms with Gasteiger partial charge in [0.15, 0.2) is 0 Å². The van der Waals surface area contributed by atoms with E-state index in [2.05, 4.69) is 0 Å². The Kier molecular flexibility index (Phi) is 7.81. The molecule has 6 heteroatoms. The monoisotopic (exact) mass is 411 g/mol. The molecular weight excluding hydrogens is 387 g/mol. The molecule has 0 aliphatic heterocycles. The third-order valence-electron chi connectivity index (χ3n) is 3.91. The molecule has 0 radical (unpaired) electrons. The van der Waals surface area contributed by atoms with Crippen LogP contribution >= 0.6 is 7.82 Å². The average molecular weight is 411 g/mol. The molecular formula is C21H24CaO4P+. The topological polar surface area (TPSA) is 44.8 Å². The van der Waals surface area contributed by atoms with Gasteiger partial charge in [0.25, 0.3) is 0 Å². The van der Waals surface area contributed by atoms with Crippen molar-refractivity contribution in [3.05, 3.63) is 89.5 Å². The molecule has 0 spiro atoms. The maximum atomic E-state index is 13.5. The van der Waals surface area contributed by atoms with E-state index in [0.717, 1.165) is 16.7 Å². The number of rotatable bonds is 6. The fraction of sp³-hybridized carbons (Fsp3) is 0.143. The number of hydrogen-bond donors (Lipinski definition) is 0. The second-order valence-corrected chi connectivity index (χ2v) is 7.46. The van der Waals surface area contributed by atoms with Gasteiger partial charge in [0.05, 0.1) is 0 Å². The third-order valence-corrected chi connectivity index (χ3v) is 5.17. The summed E-state index contributed by atoms with van der Waals surface area (Å²) in [6, 6.07) is 22.0.